The number of hydrogen-bond donors (Lipinski definition) is 1. The van der Waals surface area contributed by atoms with Gasteiger partial charge in [-0.3, -0.25) is 14.5 Å². The molecule has 1 atom stereocenters. The van der Waals surface area contributed by atoms with E-state index >= 15 is 0 Å². The fourth-order valence-electron chi connectivity index (χ4n) is 4.36. The van der Waals surface area contributed by atoms with Crippen molar-refractivity contribution < 1.29 is 24.2 Å². The molecule has 7 nitrogen and oxygen atoms in total. The normalized spacial score (nSPS) is 20.7. The van der Waals surface area contributed by atoms with Gasteiger partial charge in [0, 0.05) is 31.7 Å². The van der Waals surface area contributed by atoms with Crippen LogP contribution in [0.3, 0.4) is 0 Å². The summed E-state index contributed by atoms with van der Waals surface area (Å²) in [4.78, 5) is 30.1. The first-order valence-electron chi connectivity index (χ1n) is 11.5. The second-order valence-corrected chi connectivity index (χ2v) is 8.84. The quantitative estimate of drug-likeness (QED) is 0.366. The van der Waals surface area contributed by atoms with Crippen LogP contribution in [0.25, 0.3) is 5.76 Å². The molecular weight excluding hydrogens is 456 g/mol. The molecular formula is C26H29ClN2O5. The highest BCUT2D eigenvalue weighted by atomic mass is 35.5. The number of Topliss-reactive ketones (excluding diaryl/α,β-unsaturated/α-hetero) is 1. The van der Waals surface area contributed by atoms with Crippen molar-refractivity contribution in [1.82, 2.24) is 9.80 Å². The molecule has 8 heteroatoms. The lowest BCUT2D eigenvalue weighted by Crippen LogP contribution is -2.42. The minimum Gasteiger partial charge on any atom is -0.507 e. The zero-order valence-electron chi connectivity index (χ0n) is 19.4. The number of aliphatic hydroxyl groups excluding tert-OH is 1. The van der Waals surface area contributed by atoms with Gasteiger partial charge >= 0.3 is 0 Å². The third kappa shape index (κ3) is 4.97. The van der Waals surface area contributed by atoms with E-state index in [4.69, 9.17) is 21.1 Å². The number of ether oxygens (including phenoxy) is 2. The SMILES string of the molecule is CCOc1ccc(C(O)=C2C(=O)C(=O)N(CCN3CCOCC3)[C@H]2c2ccc(C)cc2)cc1Cl. The minimum atomic E-state index is -0.699. The van der Waals surface area contributed by atoms with Gasteiger partial charge in [-0.15, -0.1) is 0 Å². The lowest BCUT2D eigenvalue weighted by atomic mass is 9.94. The molecule has 180 valence electrons. The van der Waals surface area contributed by atoms with Crippen LogP contribution in [-0.2, 0) is 14.3 Å². The van der Waals surface area contributed by atoms with Crippen molar-refractivity contribution in [2.45, 2.75) is 19.9 Å². The van der Waals surface area contributed by atoms with Crippen LogP contribution in [-0.4, -0.2) is 72.6 Å². The Labute approximate surface area is 204 Å². The summed E-state index contributed by atoms with van der Waals surface area (Å²) in [6, 6.07) is 11.8. The van der Waals surface area contributed by atoms with Crippen LogP contribution < -0.4 is 4.74 Å². The molecule has 1 N–H and O–H groups in total. The zero-order valence-corrected chi connectivity index (χ0v) is 20.2. The highest BCUT2D eigenvalue weighted by molar-refractivity contribution is 6.46. The van der Waals surface area contributed by atoms with E-state index in [0.717, 1.165) is 24.2 Å². The van der Waals surface area contributed by atoms with E-state index in [1.165, 1.54) is 0 Å². The molecule has 34 heavy (non-hydrogen) atoms. The monoisotopic (exact) mass is 484 g/mol. The standard InChI is InChI=1S/C26H29ClN2O5/c1-3-34-21-9-8-19(16-20(21)27)24(30)22-23(18-6-4-17(2)5-7-18)29(26(32)25(22)31)11-10-28-12-14-33-15-13-28/h4-9,16,23,30H,3,10-15H2,1-2H3/t23-/m0/s1. The molecule has 0 unspecified atom stereocenters. The zero-order chi connectivity index (χ0) is 24.2. The van der Waals surface area contributed by atoms with Crippen LogP contribution in [0.4, 0.5) is 0 Å². The Morgan fingerprint density at radius 2 is 1.82 bits per heavy atom. The van der Waals surface area contributed by atoms with E-state index in [-0.39, 0.29) is 11.3 Å². The van der Waals surface area contributed by atoms with E-state index in [2.05, 4.69) is 4.90 Å². The van der Waals surface area contributed by atoms with Crippen LogP contribution in [0, 0.1) is 6.92 Å². The van der Waals surface area contributed by atoms with Crippen molar-refractivity contribution in [3.05, 3.63) is 69.8 Å². The van der Waals surface area contributed by atoms with Gasteiger partial charge in [0.25, 0.3) is 11.7 Å². The Morgan fingerprint density at radius 1 is 1.12 bits per heavy atom. The second-order valence-electron chi connectivity index (χ2n) is 8.44. The molecule has 0 bridgehead atoms. The maximum Gasteiger partial charge on any atom is 0.295 e. The molecule has 2 aliphatic heterocycles. The van der Waals surface area contributed by atoms with E-state index in [1.807, 2.05) is 38.1 Å². The van der Waals surface area contributed by atoms with E-state index in [1.54, 1.807) is 23.1 Å². The second kappa shape index (κ2) is 10.6. The lowest BCUT2D eigenvalue weighted by molar-refractivity contribution is -0.140. The smallest absolute Gasteiger partial charge is 0.295 e. The predicted octanol–water partition coefficient (Wildman–Crippen LogP) is 3.80. The first kappa shape index (κ1) is 24.3. The molecule has 2 fully saturated rings. The van der Waals surface area contributed by atoms with Gasteiger partial charge in [-0.2, -0.15) is 0 Å². The average molecular weight is 485 g/mol. The van der Waals surface area contributed by atoms with E-state index in [9.17, 15) is 14.7 Å². The van der Waals surface area contributed by atoms with Gasteiger partial charge in [0.15, 0.2) is 0 Å². The molecule has 2 saturated heterocycles. The van der Waals surface area contributed by atoms with Crippen LogP contribution in [0.2, 0.25) is 5.02 Å². The minimum absolute atomic E-state index is 0.0658. The summed E-state index contributed by atoms with van der Waals surface area (Å²) < 4.78 is 10.9. The summed E-state index contributed by atoms with van der Waals surface area (Å²) in [6.07, 6.45) is 0. The fraction of sp³-hybridized carbons (Fsp3) is 0.385. The first-order valence-corrected chi connectivity index (χ1v) is 11.9. The molecule has 0 radical (unpaired) electrons. The summed E-state index contributed by atoms with van der Waals surface area (Å²) in [5.74, 6) is -1.07. The molecule has 4 rings (SSSR count). The molecule has 0 spiro atoms. The molecule has 0 saturated carbocycles. The number of ketones is 1. The number of rotatable bonds is 7. The van der Waals surface area contributed by atoms with Crippen molar-refractivity contribution in [3.8, 4) is 5.75 Å². The molecule has 2 aromatic rings. The van der Waals surface area contributed by atoms with Crippen molar-refractivity contribution in [2.75, 3.05) is 46.0 Å². The number of likely N-dealkylation sites (tertiary alicyclic amines) is 1. The average Bonchev–Trinajstić information content (AvgIpc) is 3.09. The first-order chi connectivity index (χ1) is 16.4. The van der Waals surface area contributed by atoms with Crippen LogP contribution in [0.5, 0.6) is 5.75 Å². The lowest BCUT2D eigenvalue weighted by Gasteiger charge is -2.31. The number of morpholine rings is 1. The maximum absolute atomic E-state index is 13.2. The van der Waals surface area contributed by atoms with Crippen molar-refractivity contribution >= 4 is 29.1 Å². The molecule has 2 heterocycles. The Hall–Kier alpha value is -2.87. The highest BCUT2D eigenvalue weighted by Crippen LogP contribution is 2.40. The van der Waals surface area contributed by atoms with Gasteiger partial charge in [0.05, 0.1) is 36.5 Å². The van der Waals surface area contributed by atoms with Gasteiger partial charge in [0.2, 0.25) is 0 Å². The summed E-state index contributed by atoms with van der Waals surface area (Å²) in [7, 11) is 0. The molecule has 2 aromatic carbocycles. The third-order valence-corrected chi connectivity index (χ3v) is 6.49. The largest absolute Gasteiger partial charge is 0.507 e. The highest BCUT2D eigenvalue weighted by Gasteiger charge is 2.46. The summed E-state index contributed by atoms with van der Waals surface area (Å²) >= 11 is 6.32. The number of benzene rings is 2. The van der Waals surface area contributed by atoms with Crippen molar-refractivity contribution in [2.24, 2.45) is 0 Å². The van der Waals surface area contributed by atoms with Crippen LogP contribution in [0.1, 0.15) is 29.7 Å². The van der Waals surface area contributed by atoms with Crippen molar-refractivity contribution in [3.63, 3.8) is 0 Å². The van der Waals surface area contributed by atoms with Gasteiger partial charge < -0.3 is 19.5 Å². The number of aryl methyl sites for hydroxylation is 1. The Morgan fingerprint density at radius 3 is 2.47 bits per heavy atom. The summed E-state index contributed by atoms with van der Waals surface area (Å²) in [5.41, 5.74) is 2.26. The molecule has 1 amide bonds. The van der Waals surface area contributed by atoms with E-state index in [0.29, 0.717) is 49.2 Å². The molecule has 0 aromatic heterocycles. The van der Waals surface area contributed by atoms with Gasteiger partial charge in [-0.05, 0) is 37.6 Å². The predicted molar refractivity (Wildman–Crippen MR) is 130 cm³/mol. The summed E-state index contributed by atoms with van der Waals surface area (Å²) in [6.45, 7) is 8.13. The van der Waals surface area contributed by atoms with E-state index < -0.39 is 17.7 Å². The molecule has 0 aliphatic carbocycles. The Kier molecular flexibility index (Phi) is 7.56. The number of nitrogens with zero attached hydrogens (tertiary/aromatic N) is 2. The number of halogens is 1. The number of hydrogen-bond acceptors (Lipinski definition) is 6. The van der Waals surface area contributed by atoms with Crippen LogP contribution >= 0.6 is 11.6 Å². The Bertz CT molecular complexity index is 1090. The third-order valence-electron chi connectivity index (χ3n) is 6.20. The van der Waals surface area contributed by atoms with Crippen LogP contribution in [0.15, 0.2) is 48.0 Å². The number of amides is 1. The van der Waals surface area contributed by atoms with Gasteiger partial charge in [-0.1, -0.05) is 41.4 Å². The van der Waals surface area contributed by atoms with Gasteiger partial charge in [-0.25, -0.2) is 0 Å². The number of carbonyl (C=O) groups is 2. The van der Waals surface area contributed by atoms with Crippen molar-refractivity contribution in [1.29, 1.82) is 0 Å². The summed E-state index contributed by atoms with van der Waals surface area (Å²) in [5, 5.41) is 11.5. The molecule has 2 aliphatic rings. The van der Waals surface area contributed by atoms with Gasteiger partial charge in [0.1, 0.15) is 11.5 Å². The number of carbonyl (C=O) groups excluding carboxylic acids is 2. The maximum atomic E-state index is 13.2. The fourth-order valence-corrected chi connectivity index (χ4v) is 4.59. The Balaban J connectivity index is 1.73. The topological polar surface area (TPSA) is 79.3 Å². The number of aliphatic hydroxyl groups is 1.